The maximum Gasteiger partial charge on any atom is 0.235 e. The molecule has 0 aromatic heterocycles. The fourth-order valence-electron chi connectivity index (χ4n) is 2.42. The minimum Gasteiger partial charge on any atom is -0.224 e. The largest absolute Gasteiger partial charge is 0.235 e. The average Bonchev–Trinajstić information content (AvgIpc) is 2.21. The van der Waals surface area contributed by atoms with Gasteiger partial charge in [0.15, 0.2) is 9.84 Å². The summed E-state index contributed by atoms with van der Waals surface area (Å²) in [5.41, 5.74) is 1.13. The highest BCUT2D eigenvalue weighted by Gasteiger charge is 2.39. The van der Waals surface area contributed by atoms with E-state index in [-0.39, 0.29) is 0 Å². The molecule has 1 aromatic carbocycles. The molecule has 0 amide bonds. The molecule has 4 nitrogen and oxygen atoms in total. The molecule has 0 N–H and O–H groups in total. The molecule has 1 saturated carbocycles. The third-order valence-corrected chi connectivity index (χ3v) is 4.81. The fraction of sp³-hybridized carbons (Fsp3) is 0.462. The monoisotopic (exact) mass is 265 g/mol. The van der Waals surface area contributed by atoms with Crippen molar-refractivity contribution in [2.24, 2.45) is 4.99 Å². The van der Waals surface area contributed by atoms with Gasteiger partial charge >= 0.3 is 0 Å². The van der Waals surface area contributed by atoms with Crippen molar-refractivity contribution in [3.05, 3.63) is 29.3 Å². The maximum absolute atomic E-state index is 11.5. The summed E-state index contributed by atoms with van der Waals surface area (Å²) in [6, 6.07) is 5.17. The van der Waals surface area contributed by atoms with Crippen LogP contribution in [0.4, 0.5) is 0 Å². The first-order valence-corrected chi connectivity index (χ1v) is 7.68. The van der Waals surface area contributed by atoms with Gasteiger partial charge in [0, 0.05) is 6.26 Å². The Morgan fingerprint density at radius 1 is 1.33 bits per heavy atom. The molecule has 0 radical (unpaired) electrons. The summed E-state index contributed by atoms with van der Waals surface area (Å²) in [7, 11) is -3.20. The van der Waals surface area contributed by atoms with Gasteiger partial charge in [-0.05, 0) is 43.4 Å². The average molecular weight is 265 g/mol. The molecular weight excluding hydrogens is 250 g/mol. The molecule has 0 spiro atoms. The maximum atomic E-state index is 11.5. The first-order valence-electron chi connectivity index (χ1n) is 5.79. The van der Waals surface area contributed by atoms with E-state index in [0.717, 1.165) is 24.8 Å². The molecule has 1 aromatic rings. The lowest BCUT2D eigenvalue weighted by Crippen LogP contribution is -2.32. The summed E-state index contributed by atoms with van der Waals surface area (Å²) >= 11 is 0. The standard InChI is InChI=1S/C13H15NO3S/c1-10-8-11(4-5-12(10)18(2,16)17)13(14-9-15)6-3-7-13/h4-5,8H,3,6-7H2,1-2H3. The number of carbonyl (C=O) groups excluding carboxylic acids is 1. The molecule has 1 aliphatic rings. The molecule has 1 fully saturated rings. The number of hydrogen-bond donors (Lipinski definition) is 0. The molecule has 1 aliphatic carbocycles. The van der Waals surface area contributed by atoms with Crippen LogP contribution in [0.15, 0.2) is 28.1 Å². The minimum absolute atomic E-state index is 0.329. The Morgan fingerprint density at radius 2 is 2.00 bits per heavy atom. The Kier molecular flexibility index (Phi) is 3.13. The predicted molar refractivity (Wildman–Crippen MR) is 67.9 cm³/mol. The topological polar surface area (TPSA) is 63.6 Å². The van der Waals surface area contributed by atoms with Crippen molar-refractivity contribution in [2.45, 2.75) is 36.6 Å². The van der Waals surface area contributed by atoms with Crippen LogP contribution in [0.5, 0.6) is 0 Å². The second kappa shape index (κ2) is 4.34. The van der Waals surface area contributed by atoms with Crippen molar-refractivity contribution in [3.63, 3.8) is 0 Å². The molecule has 0 aliphatic heterocycles. The summed E-state index contributed by atoms with van der Waals surface area (Å²) in [6.07, 6.45) is 5.49. The van der Waals surface area contributed by atoms with Crippen LogP contribution in [0.25, 0.3) is 0 Å². The molecule has 96 valence electrons. The highest BCUT2D eigenvalue weighted by molar-refractivity contribution is 7.90. The Labute approximate surface area is 107 Å². The van der Waals surface area contributed by atoms with Crippen LogP contribution in [0.3, 0.4) is 0 Å². The Balaban J connectivity index is 2.50. The van der Waals surface area contributed by atoms with E-state index in [1.165, 1.54) is 6.26 Å². The van der Waals surface area contributed by atoms with Crippen LogP contribution in [0, 0.1) is 6.92 Å². The van der Waals surface area contributed by atoms with Crippen molar-refractivity contribution >= 4 is 15.9 Å². The Bertz CT molecular complexity index is 624. The number of sulfone groups is 1. The van der Waals surface area contributed by atoms with E-state index in [2.05, 4.69) is 4.99 Å². The lowest BCUT2D eigenvalue weighted by molar-refractivity contribution is 0.255. The Hall–Kier alpha value is -1.45. The number of nitrogens with zero attached hydrogens (tertiary/aromatic N) is 1. The highest BCUT2D eigenvalue weighted by Crippen LogP contribution is 2.45. The number of aryl methyl sites for hydroxylation is 1. The van der Waals surface area contributed by atoms with Crippen LogP contribution in [-0.4, -0.2) is 20.8 Å². The summed E-state index contributed by atoms with van der Waals surface area (Å²) in [6.45, 7) is 1.76. The summed E-state index contributed by atoms with van der Waals surface area (Å²) in [4.78, 5) is 14.7. The van der Waals surface area contributed by atoms with Gasteiger partial charge in [-0.1, -0.05) is 12.1 Å². The van der Waals surface area contributed by atoms with Gasteiger partial charge in [0.2, 0.25) is 6.08 Å². The molecule has 2 rings (SSSR count). The van der Waals surface area contributed by atoms with Crippen LogP contribution >= 0.6 is 0 Å². The second-order valence-corrected chi connectivity index (χ2v) is 6.82. The molecule has 0 heterocycles. The van der Waals surface area contributed by atoms with Gasteiger partial charge in [-0.25, -0.2) is 13.2 Å². The van der Waals surface area contributed by atoms with Crippen molar-refractivity contribution in [2.75, 3.05) is 6.26 Å². The van der Waals surface area contributed by atoms with Crippen LogP contribution < -0.4 is 0 Å². The molecular formula is C13H15NO3S. The zero-order valence-electron chi connectivity index (χ0n) is 10.4. The van der Waals surface area contributed by atoms with E-state index in [9.17, 15) is 13.2 Å². The molecule has 0 saturated heterocycles. The highest BCUT2D eigenvalue weighted by atomic mass is 32.2. The van der Waals surface area contributed by atoms with E-state index >= 15 is 0 Å². The number of rotatable bonds is 3. The summed E-state index contributed by atoms with van der Waals surface area (Å²) in [5, 5.41) is 0. The molecule has 5 heteroatoms. The van der Waals surface area contributed by atoms with Crippen molar-refractivity contribution in [1.29, 1.82) is 0 Å². The normalized spacial score (nSPS) is 17.7. The van der Waals surface area contributed by atoms with E-state index in [1.54, 1.807) is 25.1 Å². The number of isocyanates is 1. The van der Waals surface area contributed by atoms with E-state index < -0.39 is 15.4 Å². The third kappa shape index (κ3) is 2.11. The molecule has 0 bridgehead atoms. The first-order chi connectivity index (χ1) is 8.39. The Morgan fingerprint density at radius 3 is 2.39 bits per heavy atom. The SMILES string of the molecule is Cc1cc(C2(N=C=O)CCC2)ccc1S(C)(=O)=O. The smallest absolute Gasteiger partial charge is 0.224 e. The van der Waals surface area contributed by atoms with Gasteiger partial charge in [0.25, 0.3) is 0 Å². The van der Waals surface area contributed by atoms with Crippen molar-refractivity contribution < 1.29 is 13.2 Å². The van der Waals surface area contributed by atoms with Crippen LogP contribution in [0.2, 0.25) is 0 Å². The van der Waals surface area contributed by atoms with Gasteiger partial charge < -0.3 is 0 Å². The van der Waals surface area contributed by atoms with E-state index in [0.29, 0.717) is 10.5 Å². The zero-order chi connectivity index (χ0) is 13.4. The van der Waals surface area contributed by atoms with Gasteiger partial charge in [-0.3, -0.25) is 0 Å². The quantitative estimate of drug-likeness (QED) is 0.621. The van der Waals surface area contributed by atoms with Gasteiger partial charge in [0.1, 0.15) is 0 Å². The van der Waals surface area contributed by atoms with Gasteiger partial charge in [-0.15, -0.1) is 0 Å². The van der Waals surface area contributed by atoms with E-state index in [1.807, 2.05) is 6.07 Å². The minimum atomic E-state index is -3.20. The second-order valence-electron chi connectivity index (χ2n) is 4.84. The van der Waals surface area contributed by atoms with Crippen LogP contribution in [-0.2, 0) is 20.2 Å². The van der Waals surface area contributed by atoms with Crippen LogP contribution in [0.1, 0.15) is 30.4 Å². The number of aliphatic imine (C=N–C) groups is 1. The fourth-order valence-corrected chi connectivity index (χ4v) is 3.38. The van der Waals surface area contributed by atoms with Crippen molar-refractivity contribution in [1.82, 2.24) is 0 Å². The molecule has 0 unspecified atom stereocenters. The third-order valence-electron chi connectivity index (χ3n) is 3.55. The van der Waals surface area contributed by atoms with E-state index in [4.69, 9.17) is 0 Å². The lowest BCUT2D eigenvalue weighted by atomic mass is 9.72. The molecule has 0 atom stereocenters. The molecule has 18 heavy (non-hydrogen) atoms. The summed E-state index contributed by atoms with van der Waals surface area (Å²) < 4.78 is 23.1. The summed E-state index contributed by atoms with van der Waals surface area (Å²) in [5.74, 6) is 0. The van der Waals surface area contributed by atoms with Gasteiger partial charge in [-0.2, -0.15) is 4.99 Å². The lowest BCUT2D eigenvalue weighted by Gasteiger charge is -2.37. The number of benzene rings is 1. The van der Waals surface area contributed by atoms with Crippen molar-refractivity contribution in [3.8, 4) is 0 Å². The number of hydrogen-bond acceptors (Lipinski definition) is 4. The first kappa shape index (κ1) is 13.0. The predicted octanol–water partition coefficient (Wildman–Crippen LogP) is 2.11. The zero-order valence-corrected chi connectivity index (χ0v) is 11.3. The van der Waals surface area contributed by atoms with Gasteiger partial charge in [0.05, 0.1) is 10.4 Å².